The van der Waals surface area contributed by atoms with Gasteiger partial charge in [0.25, 0.3) is 0 Å². The quantitative estimate of drug-likeness (QED) is 0.373. The Morgan fingerprint density at radius 1 is 1.62 bits per heavy atom. The van der Waals surface area contributed by atoms with E-state index < -0.39 is 9.04 Å². The van der Waals surface area contributed by atoms with Crippen molar-refractivity contribution in [3.8, 4) is 0 Å². The van der Waals surface area contributed by atoms with Crippen LogP contribution in [0.2, 0.25) is 13.1 Å². The van der Waals surface area contributed by atoms with E-state index in [1.807, 2.05) is 20.0 Å². The monoisotopic (exact) mass is 201 g/mol. The average molecular weight is 201 g/mol. The first-order chi connectivity index (χ1) is 6.10. The van der Waals surface area contributed by atoms with Crippen molar-refractivity contribution in [2.45, 2.75) is 32.5 Å². The molecule has 0 rings (SSSR count). The third-order valence-electron chi connectivity index (χ3n) is 1.46. The smallest absolute Gasteiger partial charge is 0.330 e. The van der Waals surface area contributed by atoms with Gasteiger partial charge in [-0.15, -0.1) is 0 Å². The Balaban J connectivity index is 3.75. The second kappa shape index (κ2) is 6.86. The summed E-state index contributed by atoms with van der Waals surface area (Å²) in [5, 5.41) is 0. The Hall–Kier alpha value is -0.613. The van der Waals surface area contributed by atoms with Gasteiger partial charge >= 0.3 is 5.97 Å². The van der Waals surface area contributed by atoms with Crippen LogP contribution in [0.3, 0.4) is 0 Å². The first-order valence-corrected chi connectivity index (χ1v) is 6.77. The van der Waals surface area contributed by atoms with E-state index in [0.717, 1.165) is 6.42 Å². The number of esters is 1. The van der Waals surface area contributed by atoms with Crippen LogP contribution in [-0.4, -0.2) is 27.7 Å². The van der Waals surface area contributed by atoms with E-state index >= 15 is 0 Å². The highest BCUT2D eigenvalue weighted by Gasteiger charge is 2.11. The van der Waals surface area contributed by atoms with Crippen LogP contribution in [0.1, 0.15) is 13.3 Å². The largest absolute Gasteiger partial charge is 0.457 e. The molecule has 4 heteroatoms. The lowest BCUT2D eigenvalue weighted by Crippen LogP contribution is -2.24. The summed E-state index contributed by atoms with van der Waals surface area (Å²) < 4.78 is 10.5. The van der Waals surface area contributed by atoms with Crippen LogP contribution < -0.4 is 0 Å². The highest BCUT2D eigenvalue weighted by Crippen LogP contribution is 2.01. The molecule has 0 aliphatic carbocycles. The molecule has 0 heterocycles. The zero-order valence-electron chi connectivity index (χ0n) is 8.50. The van der Waals surface area contributed by atoms with Crippen LogP contribution in [0, 0.1) is 0 Å². The van der Waals surface area contributed by atoms with Gasteiger partial charge in [0.05, 0.1) is 6.61 Å². The Kier molecular flexibility index (Phi) is 6.53. The van der Waals surface area contributed by atoms with Gasteiger partial charge in [-0.1, -0.05) is 13.5 Å². The number of rotatable bonds is 6. The van der Waals surface area contributed by atoms with Gasteiger partial charge in [0.15, 0.2) is 0 Å². The molecule has 1 unspecified atom stereocenters. The van der Waals surface area contributed by atoms with Crippen molar-refractivity contribution >= 4 is 15.0 Å². The molecule has 0 aromatic heterocycles. The normalized spacial score (nSPS) is 12.6. The van der Waals surface area contributed by atoms with Gasteiger partial charge in [0.1, 0.15) is 6.10 Å². The fourth-order valence-electron chi connectivity index (χ4n) is 0.707. The van der Waals surface area contributed by atoms with Crippen LogP contribution in [-0.2, 0) is 14.0 Å². The van der Waals surface area contributed by atoms with E-state index in [2.05, 4.69) is 6.58 Å². The van der Waals surface area contributed by atoms with Crippen molar-refractivity contribution in [1.29, 1.82) is 0 Å². The van der Waals surface area contributed by atoms with E-state index in [9.17, 15) is 4.79 Å². The van der Waals surface area contributed by atoms with Gasteiger partial charge in [-0.05, 0) is 19.5 Å². The minimum absolute atomic E-state index is 0.134. The molecule has 3 nitrogen and oxygen atoms in total. The van der Waals surface area contributed by atoms with Gasteiger partial charge in [-0.3, -0.25) is 0 Å². The highest BCUT2D eigenvalue weighted by atomic mass is 28.3. The van der Waals surface area contributed by atoms with E-state index in [-0.39, 0.29) is 12.1 Å². The molecule has 0 amide bonds. The number of hydrogen-bond acceptors (Lipinski definition) is 3. The molecule has 0 saturated carbocycles. The summed E-state index contributed by atoms with van der Waals surface area (Å²) in [6.45, 7) is 9.89. The van der Waals surface area contributed by atoms with Crippen LogP contribution in [0.15, 0.2) is 12.7 Å². The second-order valence-corrected chi connectivity index (χ2v) is 5.00. The molecular formula is C9H17O3Si. The van der Waals surface area contributed by atoms with Crippen molar-refractivity contribution in [3.63, 3.8) is 0 Å². The molecule has 0 aromatic rings. The van der Waals surface area contributed by atoms with Crippen LogP contribution >= 0.6 is 0 Å². The molecule has 1 radical (unpaired) electrons. The molecule has 0 aromatic carbocycles. The Labute approximate surface area is 81.5 Å². The number of carbonyl (C=O) groups is 1. The molecule has 0 aliphatic rings. The van der Waals surface area contributed by atoms with Crippen LogP contribution in [0.25, 0.3) is 0 Å². The molecule has 0 N–H and O–H groups in total. The second-order valence-electron chi connectivity index (χ2n) is 2.89. The summed E-state index contributed by atoms with van der Waals surface area (Å²) in [5.74, 6) is -0.378. The predicted molar refractivity (Wildman–Crippen MR) is 53.8 cm³/mol. The Morgan fingerprint density at radius 2 is 2.23 bits per heavy atom. The highest BCUT2D eigenvalue weighted by molar-refractivity contribution is 6.48. The lowest BCUT2D eigenvalue weighted by molar-refractivity contribution is -0.144. The summed E-state index contributed by atoms with van der Waals surface area (Å²) in [6.07, 6.45) is 1.81. The van der Waals surface area contributed by atoms with Crippen molar-refractivity contribution in [2.24, 2.45) is 0 Å². The van der Waals surface area contributed by atoms with Gasteiger partial charge in [-0.25, -0.2) is 4.79 Å². The maximum atomic E-state index is 10.8. The maximum Gasteiger partial charge on any atom is 0.330 e. The van der Waals surface area contributed by atoms with Crippen molar-refractivity contribution in [3.05, 3.63) is 12.7 Å². The molecule has 0 saturated heterocycles. The molecule has 0 fully saturated rings. The molecule has 1 atom stereocenters. The SMILES string of the molecule is C=CC(=O)OC(CC)CO[Si](C)C. The lowest BCUT2D eigenvalue weighted by atomic mass is 10.3. The van der Waals surface area contributed by atoms with Crippen molar-refractivity contribution in [2.75, 3.05) is 6.61 Å². The van der Waals surface area contributed by atoms with Crippen LogP contribution in [0.4, 0.5) is 0 Å². The summed E-state index contributed by atoms with van der Waals surface area (Å²) >= 11 is 0. The first kappa shape index (κ1) is 12.4. The fraction of sp³-hybridized carbons (Fsp3) is 0.667. The van der Waals surface area contributed by atoms with E-state index in [1.54, 1.807) is 0 Å². The molecule has 0 bridgehead atoms. The van der Waals surface area contributed by atoms with E-state index in [1.165, 1.54) is 6.08 Å². The average Bonchev–Trinajstić information content (AvgIpc) is 2.11. The van der Waals surface area contributed by atoms with Gasteiger partial charge in [-0.2, -0.15) is 0 Å². The Morgan fingerprint density at radius 3 is 2.62 bits per heavy atom. The molecule has 0 spiro atoms. The first-order valence-electron chi connectivity index (χ1n) is 4.36. The third kappa shape index (κ3) is 6.54. The summed E-state index contributed by atoms with van der Waals surface area (Å²) in [7, 11) is -0.699. The number of hydrogen-bond donors (Lipinski definition) is 0. The number of ether oxygens (including phenoxy) is 1. The Bertz CT molecular complexity index is 168. The van der Waals surface area contributed by atoms with E-state index in [4.69, 9.17) is 9.16 Å². The van der Waals surface area contributed by atoms with Gasteiger partial charge in [0.2, 0.25) is 9.04 Å². The molecular weight excluding hydrogens is 184 g/mol. The van der Waals surface area contributed by atoms with E-state index in [0.29, 0.717) is 6.61 Å². The minimum atomic E-state index is -0.699. The molecule has 75 valence electrons. The summed E-state index contributed by atoms with van der Waals surface area (Å²) in [6, 6.07) is 0. The summed E-state index contributed by atoms with van der Waals surface area (Å²) in [4.78, 5) is 10.8. The zero-order chi connectivity index (χ0) is 10.3. The summed E-state index contributed by atoms with van der Waals surface area (Å²) in [5.41, 5.74) is 0. The molecule has 0 aliphatic heterocycles. The molecule has 13 heavy (non-hydrogen) atoms. The van der Waals surface area contributed by atoms with Crippen LogP contribution in [0.5, 0.6) is 0 Å². The number of carbonyl (C=O) groups excluding carboxylic acids is 1. The van der Waals surface area contributed by atoms with Crippen molar-refractivity contribution in [1.82, 2.24) is 0 Å². The predicted octanol–water partition coefficient (Wildman–Crippen LogP) is 1.76. The van der Waals surface area contributed by atoms with Gasteiger partial charge in [0, 0.05) is 6.08 Å². The fourth-order valence-corrected chi connectivity index (χ4v) is 1.23. The lowest BCUT2D eigenvalue weighted by Gasteiger charge is -2.16. The third-order valence-corrected chi connectivity index (χ3v) is 2.21. The maximum absolute atomic E-state index is 10.8. The standard InChI is InChI=1S/C9H17O3Si/c1-5-8(7-11-13(3)4)12-9(10)6-2/h6,8H,2,5,7H2,1,3-4H3. The van der Waals surface area contributed by atoms with Crippen molar-refractivity contribution < 1.29 is 14.0 Å². The topological polar surface area (TPSA) is 35.5 Å². The minimum Gasteiger partial charge on any atom is -0.457 e. The zero-order valence-corrected chi connectivity index (χ0v) is 9.50. The van der Waals surface area contributed by atoms with Gasteiger partial charge < -0.3 is 9.16 Å².